The number of methoxy groups -OCH3 is 1. The topological polar surface area (TPSA) is 65.2 Å². The molecule has 0 aliphatic carbocycles. The number of hydrogen-bond acceptors (Lipinski definition) is 5. The Balaban J connectivity index is 2.12. The van der Waals surface area contributed by atoms with Crippen LogP contribution in [-0.2, 0) is 6.42 Å². The molecule has 23 heavy (non-hydrogen) atoms. The third kappa shape index (κ3) is 2.68. The number of benzene rings is 1. The predicted molar refractivity (Wildman–Crippen MR) is 95.4 cm³/mol. The molecular formula is C18H18N2O2S. The van der Waals surface area contributed by atoms with Gasteiger partial charge in [0.15, 0.2) is 5.78 Å². The van der Waals surface area contributed by atoms with Crippen LogP contribution >= 0.6 is 11.3 Å². The lowest BCUT2D eigenvalue weighted by Gasteiger charge is -2.09. The summed E-state index contributed by atoms with van der Waals surface area (Å²) in [7, 11) is 1.68. The molecule has 3 rings (SSSR count). The van der Waals surface area contributed by atoms with Gasteiger partial charge in [0.25, 0.3) is 0 Å². The number of nitrogens with two attached hydrogens (primary N) is 1. The molecule has 0 aliphatic heterocycles. The number of rotatable bonds is 4. The second-order valence-corrected chi connectivity index (χ2v) is 6.33. The highest BCUT2D eigenvalue weighted by Gasteiger charge is 2.15. The van der Waals surface area contributed by atoms with E-state index in [0.717, 1.165) is 39.2 Å². The van der Waals surface area contributed by atoms with Crippen LogP contribution in [-0.4, -0.2) is 17.9 Å². The van der Waals surface area contributed by atoms with Gasteiger partial charge in [0.2, 0.25) is 0 Å². The first-order valence-electron chi connectivity index (χ1n) is 7.42. The van der Waals surface area contributed by atoms with Crippen molar-refractivity contribution >= 4 is 33.0 Å². The minimum Gasteiger partial charge on any atom is -0.496 e. The molecule has 4 nitrogen and oxygen atoms in total. The largest absolute Gasteiger partial charge is 0.496 e. The number of anilines is 1. The number of thiophene rings is 1. The molecule has 0 fully saturated rings. The van der Waals surface area contributed by atoms with Crippen LogP contribution < -0.4 is 10.5 Å². The number of ether oxygens (including phenoxy) is 1. The van der Waals surface area contributed by atoms with Crippen molar-refractivity contribution in [2.75, 3.05) is 12.8 Å². The molecule has 0 spiro atoms. The molecular weight excluding hydrogens is 308 g/mol. The SMILES string of the molecule is CCc1cc(-c2ccc3c(N)c(C(C)=O)sc3n2)ccc1OC. The van der Waals surface area contributed by atoms with Crippen molar-refractivity contribution in [2.24, 2.45) is 0 Å². The van der Waals surface area contributed by atoms with E-state index in [1.54, 1.807) is 7.11 Å². The zero-order valence-electron chi connectivity index (χ0n) is 13.3. The van der Waals surface area contributed by atoms with Crippen LogP contribution in [0.3, 0.4) is 0 Å². The Morgan fingerprint density at radius 3 is 2.74 bits per heavy atom. The van der Waals surface area contributed by atoms with E-state index in [1.165, 1.54) is 18.3 Å². The number of Topliss-reactive ketones (excluding diaryl/α,β-unsaturated/α-hetero) is 1. The lowest BCUT2D eigenvalue weighted by molar-refractivity contribution is 0.102. The number of aromatic nitrogens is 1. The molecule has 1 aromatic carbocycles. The highest BCUT2D eigenvalue weighted by Crippen LogP contribution is 2.35. The Morgan fingerprint density at radius 2 is 2.09 bits per heavy atom. The number of pyridine rings is 1. The first-order valence-corrected chi connectivity index (χ1v) is 8.24. The molecule has 2 heterocycles. The fourth-order valence-corrected chi connectivity index (χ4v) is 3.62. The average molecular weight is 326 g/mol. The van der Waals surface area contributed by atoms with Crippen molar-refractivity contribution in [3.05, 3.63) is 40.8 Å². The Bertz CT molecular complexity index is 899. The van der Waals surface area contributed by atoms with Gasteiger partial charge in [0.05, 0.1) is 23.4 Å². The summed E-state index contributed by atoms with van der Waals surface area (Å²) in [5.74, 6) is 0.862. The van der Waals surface area contributed by atoms with Gasteiger partial charge in [0, 0.05) is 17.9 Å². The molecule has 118 valence electrons. The standard InChI is InChI=1S/C18H18N2O2S/c1-4-11-9-12(5-8-15(11)22-3)14-7-6-13-16(19)17(10(2)21)23-18(13)20-14/h5-9H,4,19H2,1-3H3. The Hall–Kier alpha value is -2.40. The number of nitrogens with zero attached hydrogens (tertiary/aromatic N) is 1. The molecule has 0 saturated heterocycles. The lowest BCUT2D eigenvalue weighted by Crippen LogP contribution is -1.94. The molecule has 0 aliphatic rings. The molecule has 0 amide bonds. The minimum atomic E-state index is -0.0234. The number of hydrogen-bond donors (Lipinski definition) is 1. The van der Waals surface area contributed by atoms with Gasteiger partial charge in [-0.1, -0.05) is 6.92 Å². The smallest absolute Gasteiger partial charge is 0.171 e. The van der Waals surface area contributed by atoms with Crippen molar-refractivity contribution in [1.82, 2.24) is 4.98 Å². The molecule has 0 unspecified atom stereocenters. The van der Waals surface area contributed by atoms with Gasteiger partial charge in [-0.25, -0.2) is 4.98 Å². The Kier molecular flexibility index (Phi) is 4.05. The monoisotopic (exact) mass is 326 g/mol. The summed E-state index contributed by atoms with van der Waals surface area (Å²) in [6, 6.07) is 9.93. The molecule has 2 N–H and O–H groups in total. The minimum absolute atomic E-state index is 0.0234. The summed E-state index contributed by atoms with van der Waals surface area (Å²) >= 11 is 1.35. The second-order valence-electron chi connectivity index (χ2n) is 5.33. The molecule has 0 atom stereocenters. The van der Waals surface area contributed by atoms with E-state index < -0.39 is 0 Å². The number of carbonyl (C=O) groups excluding carboxylic acids is 1. The van der Waals surface area contributed by atoms with E-state index in [4.69, 9.17) is 10.5 Å². The van der Waals surface area contributed by atoms with Gasteiger partial charge in [-0.2, -0.15) is 0 Å². The van der Waals surface area contributed by atoms with Crippen molar-refractivity contribution in [3.8, 4) is 17.0 Å². The van der Waals surface area contributed by atoms with Gasteiger partial charge in [-0.3, -0.25) is 4.79 Å². The molecule has 0 radical (unpaired) electrons. The van der Waals surface area contributed by atoms with Crippen LogP contribution in [0, 0.1) is 0 Å². The van der Waals surface area contributed by atoms with Crippen LogP contribution in [0.4, 0.5) is 5.69 Å². The van der Waals surface area contributed by atoms with Gasteiger partial charge in [-0.15, -0.1) is 11.3 Å². The average Bonchev–Trinajstić information content (AvgIpc) is 2.90. The molecule has 5 heteroatoms. The Morgan fingerprint density at radius 1 is 1.30 bits per heavy atom. The van der Waals surface area contributed by atoms with Crippen molar-refractivity contribution in [3.63, 3.8) is 0 Å². The van der Waals surface area contributed by atoms with Gasteiger partial charge >= 0.3 is 0 Å². The van der Waals surface area contributed by atoms with E-state index in [1.807, 2.05) is 24.3 Å². The molecule has 0 bridgehead atoms. The van der Waals surface area contributed by atoms with E-state index in [2.05, 4.69) is 18.0 Å². The fourth-order valence-electron chi connectivity index (χ4n) is 2.63. The first-order chi connectivity index (χ1) is 11.0. The van der Waals surface area contributed by atoms with Crippen molar-refractivity contribution < 1.29 is 9.53 Å². The molecule has 2 aromatic heterocycles. The highest BCUT2D eigenvalue weighted by molar-refractivity contribution is 7.21. The quantitative estimate of drug-likeness (QED) is 0.725. The van der Waals surface area contributed by atoms with Crippen LogP contribution in [0.25, 0.3) is 21.5 Å². The van der Waals surface area contributed by atoms with Crippen LogP contribution in [0.15, 0.2) is 30.3 Å². The van der Waals surface area contributed by atoms with Gasteiger partial charge in [0.1, 0.15) is 10.6 Å². The van der Waals surface area contributed by atoms with E-state index in [-0.39, 0.29) is 5.78 Å². The maximum atomic E-state index is 11.6. The zero-order valence-corrected chi connectivity index (χ0v) is 14.2. The number of fused-ring (bicyclic) bond motifs is 1. The van der Waals surface area contributed by atoms with Gasteiger partial charge in [-0.05, 0) is 42.3 Å². The number of carbonyl (C=O) groups is 1. The summed E-state index contributed by atoms with van der Waals surface area (Å²) < 4.78 is 5.37. The van der Waals surface area contributed by atoms with Crippen LogP contribution in [0.2, 0.25) is 0 Å². The summed E-state index contributed by atoms with van der Waals surface area (Å²) in [6.45, 7) is 3.62. The second kappa shape index (κ2) is 6.01. The Labute approximate surface area is 138 Å². The first kappa shape index (κ1) is 15.5. The lowest BCUT2D eigenvalue weighted by atomic mass is 10.0. The number of aryl methyl sites for hydroxylation is 1. The van der Waals surface area contributed by atoms with Gasteiger partial charge < -0.3 is 10.5 Å². The summed E-state index contributed by atoms with van der Waals surface area (Å²) in [5.41, 5.74) is 9.61. The van der Waals surface area contributed by atoms with Crippen LogP contribution in [0.5, 0.6) is 5.75 Å². The van der Waals surface area contributed by atoms with Crippen molar-refractivity contribution in [1.29, 1.82) is 0 Å². The maximum absolute atomic E-state index is 11.6. The number of ketones is 1. The van der Waals surface area contributed by atoms with Crippen LogP contribution in [0.1, 0.15) is 29.1 Å². The predicted octanol–water partition coefficient (Wildman–Crippen LogP) is 4.32. The zero-order chi connectivity index (χ0) is 16.6. The van der Waals surface area contributed by atoms with E-state index in [9.17, 15) is 4.79 Å². The highest BCUT2D eigenvalue weighted by atomic mass is 32.1. The summed E-state index contributed by atoms with van der Waals surface area (Å²) in [4.78, 5) is 17.7. The van der Waals surface area contributed by atoms with E-state index in [0.29, 0.717) is 10.6 Å². The summed E-state index contributed by atoms with van der Waals surface area (Å²) in [6.07, 6.45) is 0.889. The molecule has 3 aromatic rings. The third-order valence-corrected chi connectivity index (χ3v) is 5.09. The van der Waals surface area contributed by atoms with E-state index >= 15 is 0 Å². The maximum Gasteiger partial charge on any atom is 0.171 e. The third-order valence-electron chi connectivity index (χ3n) is 3.87. The van der Waals surface area contributed by atoms with Crippen molar-refractivity contribution in [2.45, 2.75) is 20.3 Å². The fraction of sp³-hybridized carbons (Fsp3) is 0.222. The molecule has 0 saturated carbocycles. The number of nitrogen functional groups attached to an aromatic ring is 1. The normalized spacial score (nSPS) is 10.9. The summed E-state index contributed by atoms with van der Waals surface area (Å²) in [5, 5.41) is 0.841.